The van der Waals surface area contributed by atoms with Crippen LogP contribution >= 0.6 is 0 Å². The van der Waals surface area contributed by atoms with Crippen LogP contribution in [-0.4, -0.2) is 11.1 Å². The number of carboxylic acids is 1. The normalized spacial score (nSPS) is 9.14. The molecule has 0 aliphatic heterocycles. The molecule has 0 atom stereocenters. The first-order valence-corrected chi connectivity index (χ1v) is 5.10. The summed E-state index contributed by atoms with van der Waals surface area (Å²) >= 11 is 0. The molecule has 0 saturated heterocycles. The molecule has 0 saturated carbocycles. The molecule has 0 rings (SSSR count). The third-order valence-corrected chi connectivity index (χ3v) is 2.05. The molecule has 3 heteroatoms. The van der Waals surface area contributed by atoms with Gasteiger partial charge in [0.15, 0.2) is 0 Å². The van der Waals surface area contributed by atoms with Gasteiger partial charge in [-0.2, -0.15) is 0 Å². The summed E-state index contributed by atoms with van der Waals surface area (Å²) in [5, 5.41) is 8.38. The topological polar surface area (TPSA) is 37.3 Å². The molecule has 0 bridgehead atoms. The van der Waals surface area contributed by atoms with Gasteiger partial charge in [-0.25, -0.2) is 0 Å². The second kappa shape index (κ2) is 13.5. The van der Waals surface area contributed by atoms with E-state index in [0.29, 0.717) is 6.42 Å². The molecule has 0 amide bonds. The minimum absolute atomic E-state index is 0. The zero-order chi connectivity index (χ0) is 9.94. The van der Waals surface area contributed by atoms with Crippen LogP contribution in [0.5, 0.6) is 0 Å². The number of allylic oxidation sites excluding steroid dienone is 1. The van der Waals surface area contributed by atoms with Crippen molar-refractivity contribution in [1.29, 1.82) is 0 Å². The van der Waals surface area contributed by atoms with Gasteiger partial charge in [-0.05, 0) is 19.3 Å². The maximum absolute atomic E-state index is 10.2. The van der Waals surface area contributed by atoms with Crippen molar-refractivity contribution in [3.8, 4) is 0 Å². The van der Waals surface area contributed by atoms with Crippen LogP contribution in [0.4, 0.5) is 0 Å². The van der Waals surface area contributed by atoms with Gasteiger partial charge in [0.05, 0.1) is 0 Å². The van der Waals surface area contributed by atoms with Gasteiger partial charge in [-0.3, -0.25) is 4.79 Å². The van der Waals surface area contributed by atoms with E-state index in [0.717, 1.165) is 19.3 Å². The number of carbonyl (C=O) groups is 1. The number of hydrogen-bond donors (Lipinski definition) is 1. The summed E-state index contributed by atoms with van der Waals surface area (Å²) in [6.45, 7) is 3.66. The van der Waals surface area contributed by atoms with Crippen LogP contribution in [0.3, 0.4) is 0 Å². The van der Waals surface area contributed by atoms with Crippen molar-refractivity contribution in [2.45, 2.75) is 51.4 Å². The Labute approximate surface area is 117 Å². The van der Waals surface area contributed by atoms with Gasteiger partial charge in [0.25, 0.3) is 0 Å². The molecule has 0 aromatic rings. The zero-order valence-electron chi connectivity index (χ0n) is 8.61. The molecule has 0 heterocycles. The van der Waals surface area contributed by atoms with Gasteiger partial charge in [0, 0.05) is 44.6 Å². The van der Waals surface area contributed by atoms with E-state index in [1.54, 1.807) is 0 Å². The minimum atomic E-state index is -0.674. The average molecular weight is 347 g/mol. The van der Waals surface area contributed by atoms with E-state index >= 15 is 0 Å². The molecule has 0 spiro atoms. The molecule has 0 radical (unpaired) electrons. The van der Waals surface area contributed by atoms with Crippen LogP contribution in [0.25, 0.3) is 0 Å². The maximum Gasteiger partial charge on any atom is 0.303 e. The summed E-state index contributed by atoms with van der Waals surface area (Å²) in [4.78, 5) is 10.2. The van der Waals surface area contributed by atoms with Gasteiger partial charge in [0.1, 0.15) is 0 Å². The molecule has 0 aliphatic rings. The van der Waals surface area contributed by atoms with Gasteiger partial charge < -0.3 is 5.11 Å². The molecular formula is C11H20DyO2. The van der Waals surface area contributed by atoms with E-state index in [-0.39, 0.29) is 38.2 Å². The summed E-state index contributed by atoms with van der Waals surface area (Å²) in [5.74, 6) is -0.674. The minimum Gasteiger partial charge on any atom is -0.481 e. The van der Waals surface area contributed by atoms with E-state index < -0.39 is 5.97 Å². The Morgan fingerprint density at radius 1 is 1.07 bits per heavy atom. The van der Waals surface area contributed by atoms with E-state index in [2.05, 4.69) is 6.58 Å². The summed E-state index contributed by atoms with van der Waals surface area (Å²) in [6, 6.07) is 0. The third-order valence-electron chi connectivity index (χ3n) is 2.05. The van der Waals surface area contributed by atoms with Crippen molar-refractivity contribution < 1.29 is 48.1 Å². The fraction of sp³-hybridized carbons (Fsp3) is 0.727. The molecular weight excluding hydrogens is 327 g/mol. The first-order valence-electron chi connectivity index (χ1n) is 5.10. The molecule has 2 nitrogen and oxygen atoms in total. The Kier molecular flexibility index (Phi) is 16.3. The third kappa shape index (κ3) is 15.0. The number of unbranched alkanes of at least 4 members (excludes halogenated alkanes) is 6. The fourth-order valence-corrected chi connectivity index (χ4v) is 1.27. The van der Waals surface area contributed by atoms with Crippen molar-refractivity contribution in [1.82, 2.24) is 0 Å². The smallest absolute Gasteiger partial charge is 0.303 e. The van der Waals surface area contributed by atoms with E-state index in [1.165, 1.54) is 25.7 Å². The summed E-state index contributed by atoms with van der Waals surface area (Å²) in [5.41, 5.74) is 0. The predicted octanol–water partition coefficient (Wildman–Crippen LogP) is 3.38. The Bertz CT molecular complexity index is 146. The standard InChI is InChI=1S/C11H20O2.Dy/c1-2-3-4-5-6-7-8-9-10-11(12)13;/h2H,1,3-10H2,(H,12,13);. The predicted molar refractivity (Wildman–Crippen MR) is 54.8 cm³/mol. The maximum atomic E-state index is 10.2. The number of hydrogen-bond acceptors (Lipinski definition) is 1. The number of carboxylic acid groups (broad SMARTS) is 1. The largest absolute Gasteiger partial charge is 0.481 e. The second-order valence-electron chi connectivity index (χ2n) is 3.34. The summed E-state index contributed by atoms with van der Waals surface area (Å²) in [6.07, 6.45) is 10.1. The SMILES string of the molecule is C=CCCCCCCCCC(=O)O.[Dy]. The number of aliphatic carboxylic acids is 1. The van der Waals surface area contributed by atoms with E-state index in [1.807, 2.05) is 6.08 Å². The Hall–Kier alpha value is 0.483. The van der Waals surface area contributed by atoms with E-state index in [4.69, 9.17) is 5.11 Å². The first kappa shape index (κ1) is 16.9. The van der Waals surface area contributed by atoms with Crippen molar-refractivity contribution in [3.05, 3.63) is 12.7 Å². The van der Waals surface area contributed by atoms with Crippen LogP contribution in [0.15, 0.2) is 12.7 Å². The molecule has 0 aromatic heterocycles. The molecule has 0 aromatic carbocycles. The Balaban J connectivity index is 0. The monoisotopic (exact) mass is 348 g/mol. The van der Waals surface area contributed by atoms with Gasteiger partial charge in [0.2, 0.25) is 0 Å². The quantitative estimate of drug-likeness (QED) is 0.513. The summed E-state index contributed by atoms with van der Waals surface area (Å²) < 4.78 is 0. The molecule has 0 aliphatic carbocycles. The van der Waals surface area contributed by atoms with Crippen LogP contribution < -0.4 is 0 Å². The first-order chi connectivity index (χ1) is 6.27. The van der Waals surface area contributed by atoms with Gasteiger partial charge in [-0.1, -0.05) is 31.8 Å². The van der Waals surface area contributed by atoms with Crippen molar-refractivity contribution in [2.75, 3.05) is 0 Å². The molecule has 14 heavy (non-hydrogen) atoms. The molecule has 86 valence electrons. The number of rotatable bonds is 9. The van der Waals surface area contributed by atoms with Crippen molar-refractivity contribution in [2.24, 2.45) is 0 Å². The average Bonchev–Trinajstić information content (AvgIpc) is 2.09. The molecule has 0 unspecified atom stereocenters. The van der Waals surface area contributed by atoms with Gasteiger partial charge >= 0.3 is 5.97 Å². The van der Waals surface area contributed by atoms with Crippen LogP contribution in [0.2, 0.25) is 0 Å². The Morgan fingerprint density at radius 2 is 1.57 bits per heavy atom. The Morgan fingerprint density at radius 3 is 2.07 bits per heavy atom. The van der Waals surface area contributed by atoms with E-state index in [9.17, 15) is 4.79 Å². The molecule has 0 fully saturated rings. The fourth-order valence-electron chi connectivity index (χ4n) is 1.27. The van der Waals surface area contributed by atoms with Crippen molar-refractivity contribution in [3.63, 3.8) is 0 Å². The van der Waals surface area contributed by atoms with Crippen LogP contribution in [0, 0.1) is 38.2 Å². The van der Waals surface area contributed by atoms with Crippen LogP contribution in [-0.2, 0) is 4.79 Å². The molecule has 1 N–H and O–H groups in total. The van der Waals surface area contributed by atoms with Gasteiger partial charge in [-0.15, -0.1) is 6.58 Å². The zero-order valence-corrected chi connectivity index (χ0v) is 10.6. The van der Waals surface area contributed by atoms with Crippen molar-refractivity contribution >= 4 is 5.97 Å². The second-order valence-corrected chi connectivity index (χ2v) is 3.34. The van der Waals surface area contributed by atoms with Crippen LogP contribution in [0.1, 0.15) is 51.4 Å². The summed E-state index contributed by atoms with van der Waals surface area (Å²) in [7, 11) is 0.